The molecule has 1 aliphatic heterocycles. The lowest BCUT2D eigenvalue weighted by molar-refractivity contribution is -0.137. The molecule has 1 saturated heterocycles. The average molecular weight is 376 g/mol. The van der Waals surface area contributed by atoms with Crippen molar-refractivity contribution in [3.05, 3.63) is 65.2 Å². The van der Waals surface area contributed by atoms with Crippen molar-refractivity contribution < 1.29 is 22.8 Å². The fourth-order valence-electron chi connectivity index (χ4n) is 3.00. The Morgan fingerprint density at radius 1 is 1.00 bits per heavy atom. The van der Waals surface area contributed by atoms with Crippen molar-refractivity contribution in [2.24, 2.45) is 0 Å². The summed E-state index contributed by atoms with van der Waals surface area (Å²) in [6, 6.07) is 11.0. The predicted molar refractivity (Wildman–Crippen MR) is 95.4 cm³/mol. The van der Waals surface area contributed by atoms with Gasteiger partial charge in [-0.1, -0.05) is 18.2 Å². The van der Waals surface area contributed by atoms with E-state index in [0.717, 1.165) is 43.6 Å². The van der Waals surface area contributed by atoms with Crippen molar-refractivity contribution in [1.82, 2.24) is 4.90 Å². The summed E-state index contributed by atoms with van der Waals surface area (Å²) in [5.74, 6) is -0.546. The summed E-state index contributed by atoms with van der Waals surface area (Å²) < 4.78 is 38.3. The Bertz CT molecular complexity index is 826. The number of carbonyl (C=O) groups excluding carboxylic acids is 2. The van der Waals surface area contributed by atoms with Gasteiger partial charge in [-0.05, 0) is 48.7 Å². The first-order chi connectivity index (χ1) is 12.8. The number of nitrogens with one attached hydrogen (secondary N) is 1. The first-order valence-electron chi connectivity index (χ1n) is 8.68. The van der Waals surface area contributed by atoms with Gasteiger partial charge in [0.25, 0.3) is 5.91 Å². The van der Waals surface area contributed by atoms with Crippen LogP contribution in [0.5, 0.6) is 0 Å². The zero-order valence-electron chi connectivity index (χ0n) is 14.6. The summed E-state index contributed by atoms with van der Waals surface area (Å²) in [7, 11) is 0. The van der Waals surface area contributed by atoms with E-state index in [-0.39, 0.29) is 11.5 Å². The smallest absolute Gasteiger partial charge is 0.342 e. The molecule has 2 aromatic rings. The van der Waals surface area contributed by atoms with Gasteiger partial charge in [-0.3, -0.25) is 9.59 Å². The van der Waals surface area contributed by atoms with Gasteiger partial charge in [-0.2, -0.15) is 13.2 Å². The Labute approximate surface area is 155 Å². The van der Waals surface area contributed by atoms with Gasteiger partial charge in [0.1, 0.15) is 0 Å². The van der Waals surface area contributed by atoms with Gasteiger partial charge in [0.2, 0.25) is 5.91 Å². The molecule has 7 heteroatoms. The molecule has 1 fully saturated rings. The fraction of sp³-hybridized carbons (Fsp3) is 0.300. The lowest BCUT2D eigenvalue weighted by atomic mass is 10.1. The number of rotatable bonds is 4. The molecule has 1 heterocycles. The van der Waals surface area contributed by atoms with Crippen LogP contribution in [0.2, 0.25) is 0 Å². The van der Waals surface area contributed by atoms with Crippen LogP contribution in [0.15, 0.2) is 48.5 Å². The van der Waals surface area contributed by atoms with Crippen LogP contribution in [0.4, 0.5) is 18.9 Å². The molecule has 0 saturated carbocycles. The summed E-state index contributed by atoms with van der Waals surface area (Å²) in [4.78, 5) is 26.2. The predicted octanol–water partition coefficient (Wildman–Crippen LogP) is 4.12. The number of alkyl halides is 3. The number of nitrogens with zero attached hydrogens (tertiary/aromatic N) is 1. The Kier molecular flexibility index (Phi) is 5.48. The molecule has 3 rings (SSSR count). The van der Waals surface area contributed by atoms with Crippen LogP contribution in [0.25, 0.3) is 0 Å². The van der Waals surface area contributed by atoms with Gasteiger partial charge < -0.3 is 10.2 Å². The van der Waals surface area contributed by atoms with Crippen molar-refractivity contribution >= 4 is 17.5 Å². The van der Waals surface area contributed by atoms with E-state index in [9.17, 15) is 22.8 Å². The second kappa shape index (κ2) is 7.82. The zero-order chi connectivity index (χ0) is 19.4. The van der Waals surface area contributed by atoms with Gasteiger partial charge in [0.05, 0.1) is 12.0 Å². The maximum Gasteiger partial charge on any atom is 0.416 e. The SMILES string of the molecule is O=C(Nc1ccc(CC(=O)N2CCCC2)cc1)c1cccc(C(F)(F)F)c1. The number of hydrogen-bond donors (Lipinski definition) is 1. The van der Waals surface area contributed by atoms with Crippen LogP contribution in [-0.4, -0.2) is 29.8 Å². The topological polar surface area (TPSA) is 49.4 Å². The lowest BCUT2D eigenvalue weighted by Crippen LogP contribution is -2.29. The molecule has 0 atom stereocenters. The lowest BCUT2D eigenvalue weighted by Gasteiger charge is -2.15. The molecule has 2 amide bonds. The van der Waals surface area contributed by atoms with Gasteiger partial charge in [0, 0.05) is 24.3 Å². The van der Waals surface area contributed by atoms with E-state index in [1.54, 1.807) is 24.3 Å². The highest BCUT2D eigenvalue weighted by Crippen LogP contribution is 2.29. The van der Waals surface area contributed by atoms with Crippen molar-refractivity contribution in [3.8, 4) is 0 Å². The number of likely N-dealkylation sites (tertiary alicyclic amines) is 1. The maximum atomic E-state index is 12.8. The first kappa shape index (κ1) is 18.9. The van der Waals surface area contributed by atoms with Crippen molar-refractivity contribution in [3.63, 3.8) is 0 Å². The van der Waals surface area contributed by atoms with Crippen molar-refractivity contribution in [1.29, 1.82) is 0 Å². The molecule has 27 heavy (non-hydrogen) atoms. The van der Waals surface area contributed by atoms with Crippen LogP contribution in [0.3, 0.4) is 0 Å². The van der Waals surface area contributed by atoms with Gasteiger partial charge in [-0.15, -0.1) is 0 Å². The van der Waals surface area contributed by atoms with E-state index in [4.69, 9.17) is 0 Å². The Hall–Kier alpha value is -2.83. The van der Waals surface area contributed by atoms with E-state index in [2.05, 4.69) is 5.32 Å². The molecule has 0 unspecified atom stereocenters. The number of benzene rings is 2. The molecule has 0 bridgehead atoms. The van der Waals surface area contributed by atoms with E-state index in [1.165, 1.54) is 12.1 Å². The summed E-state index contributed by atoms with van der Waals surface area (Å²) in [6.45, 7) is 1.59. The third-order valence-electron chi connectivity index (χ3n) is 4.48. The second-order valence-electron chi connectivity index (χ2n) is 6.49. The van der Waals surface area contributed by atoms with E-state index in [1.807, 2.05) is 4.90 Å². The van der Waals surface area contributed by atoms with Gasteiger partial charge in [-0.25, -0.2) is 0 Å². The molecule has 0 aliphatic carbocycles. The molecule has 4 nitrogen and oxygen atoms in total. The molecule has 142 valence electrons. The van der Waals surface area contributed by atoms with Crippen molar-refractivity contribution in [2.45, 2.75) is 25.4 Å². The molecule has 1 aliphatic rings. The normalized spacial score (nSPS) is 14.3. The molecule has 0 radical (unpaired) electrons. The quantitative estimate of drug-likeness (QED) is 0.873. The van der Waals surface area contributed by atoms with Crippen LogP contribution >= 0.6 is 0 Å². The molecular formula is C20H19F3N2O2. The number of anilines is 1. The van der Waals surface area contributed by atoms with E-state index < -0.39 is 17.6 Å². The van der Waals surface area contributed by atoms with Crippen LogP contribution in [0, 0.1) is 0 Å². The van der Waals surface area contributed by atoms with Crippen molar-refractivity contribution in [2.75, 3.05) is 18.4 Å². The average Bonchev–Trinajstić information content (AvgIpc) is 3.17. The Morgan fingerprint density at radius 3 is 2.30 bits per heavy atom. The van der Waals surface area contributed by atoms with Crippen LogP contribution in [0.1, 0.15) is 34.3 Å². The monoisotopic (exact) mass is 376 g/mol. The number of hydrogen-bond acceptors (Lipinski definition) is 2. The minimum Gasteiger partial charge on any atom is -0.342 e. The molecule has 0 aromatic heterocycles. The minimum atomic E-state index is -4.50. The number of carbonyl (C=O) groups is 2. The van der Waals surface area contributed by atoms with E-state index in [0.29, 0.717) is 12.1 Å². The van der Waals surface area contributed by atoms with E-state index >= 15 is 0 Å². The van der Waals surface area contributed by atoms with Crippen LogP contribution in [-0.2, 0) is 17.4 Å². The summed E-state index contributed by atoms with van der Waals surface area (Å²) in [5.41, 5.74) is 0.336. The Morgan fingerprint density at radius 2 is 1.67 bits per heavy atom. The second-order valence-corrected chi connectivity index (χ2v) is 6.49. The Balaban J connectivity index is 1.62. The fourth-order valence-corrected chi connectivity index (χ4v) is 3.00. The highest BCUT2D eigenvalue weighted by Gasteiger charge is 2.30. The maximum absolute atomic E-state index is 12.8. The first-order valence-corrected chi connectivity index (χ1v) is 8.68. The zero-order valence-corrected chi connectivity index (χ0v) is 14.6. The summed E-state index contributed by atoms with van der Waals surface area (Å²) in [6.07, 6.45) is -2.14. The largest absolute Gasteiger partial charge is 0.416 e. The van der Waals surface area contributed by atoms with Gasteiger partial charge in [0.15, 0.2) is 0 Å². The molecule has 0 spiro atoms. The minimum absolute atomic E-state index is 0.0712. The molecular weight excluding hydrogens is 357 g/mol. The standard InChI is InChI=1S/C20H19F3N2O2/c21-20(22,23)16-5-3-4-15(13-16)19(27)24-17-8-6-14(7-9-17)12-18(26)25-10-1-2-11-25/h3-9,13H,1-2,10-12H2,(H,24,27). The van der Waals surface area contributed by atoms with Gasteiger partial charge >= 0.3 is 6.18 Å². The van der Waals surface area contributed by atoms with Crippen LogP contribution < -0.4 is 5.32 Å². The highest BCUT2D eigenvalue weighted by atomic mass is 19.4. The molecule has 2 aromatic carbocycles. The molecule has 1 N–H and O–H groups in total. The number of halogens is 3. The third kappa shape index (κ3) is 4.87. The summed E-state index contributed by atoms with van der Waals surface area (Å²) in [5, 5.41) is 2.57. The highest BCUT2D eigenvalue weighted by molar-refractivity contribution is 6.04. The number of amides is 2. The summed E-state index contributed by atoms with van der Waals surface area (Å²) >= 11 is 0. The third-order valence-corrected chi connectivity index (χ3v) is 4.48.